The van der Waals surface area contributed by atoms with Gasteiger partial charge in [-0.3, -0.25) is 4.68 Å². The molecule has 0 bridgehead atoms. The van der Waals surface area contributed by atoms with E-state index in [1.807, 2.05) is 36.0 Å². The van der Waals surface area contributed by atoms with Gasteiger partial charge in [0.2, 0.25) is 0 Å². The van der Waals surface area contributed by atoms with E-state index in [4.69, 9.17) is 0 Å². The van der Waals surface area contributed by atoms with Gasteiger partial charge in [-0.15, -0.1) is 24.0 Å². The molecule has 5 nitrogen and oxygen atoms in total. The molecule has 2 aromatic rings. The Kier molecular flexibility index (Phi) is 7.81. The summed E-state index contributed by atoms with van der Waals surface area (Å²) >= 11 is 0. The first kappa shape index (κ1) is 17.5. The number of aryl methyl sites for hydroxylation is 1. The Balaban J connectivity index is 0.00000220. The summed E-state index contributed by atoms with van der Waals surface area (Å²) in [7, 11) is 1.94. The van der Waals surface area contributed by atoms with Gasteiger partial charge in [0.15, 0.2) is 5.96 Å². The number of aliphatic imine (C=N–C) groups is 1. The second kappa shape index (κ2) is 9.38. The van der Waals surface area contributed by atoms with Crippen molar-refractivity contribution in [1.82, 2.24) is 20.4 Å². The maximum absolute atomic E-state index is 4.58. The van der Waals surface area contributed by atoms with E-state index in [0.29, 0.717) is 13.1 Å². The Morgan fingerprint density at radius 3 is 2.57 bits per heavy atom. The Hall–Kier alpha value is -1.57. The lowest BCUT2D eigenvalue weighted by Gasteiger charge is -2.11. The highest BCUT2D eigenvalue weighted by molar-refractivity contribution is 14.0. The largest absolute Gasteiger partial charge is 0.357 e. The summed E-state index contributed by atoms with van der Waals surface area (Å²) in [4.78, 5) is 4.58. The molecule has 0 saturated carbocycles. The fraction of sp³-hybridized carbons (Fsp3) is 0.333. The molecule has 0 saturated heterocycles. The quantitative estimate of drug-likeness (QED) is 0.461. The summed E-state index contributed by atoms with van der Waals surface area (Å²) in [5.41, 5.74) is 2.32. The van der Waals surface area contributed by atoms with Crippen LogP contribution in [-0.4, -0.2) is 22.3 Å². The highest BCUT2D eigenvalue weighted by atomic mass is 127. The van der Waals surface area contributed by atoms with Crippen molar-refractivity contribution in [2.45, 2.75) is 20.0 Å². The Morgan fingerprint density at radius 2 is 1.95 bits per heavy atom. The van der Waals surface area contributed by atoms with Crippen molar-refractivity contribution in [2.75, 3.05) is 6.54 Å². The van der Waals surface area contributed by atoms with Crippen LogP contribution >= 0.6 is 24.0 Å². The standard InChI is InChI=1S/C15H21N5.HI/c1-3-16-15(17-11-13-7-5-4-6-8-13)18-12-14-9-10-19-20(14)2;/h4-10H,3,11-12H2,1-2H3,(H2,16,17,18);1H. The molecule has 0 aliphatic rings. The lowest BCUT2D eigenvalue weighted by atomic mass is 10.2. The van der Waals surface area contributed by atoms with E-state index in [1.165, 1.54) is 5.56 Å². The minimum Gasteiger partial charge on any atom is -0.357 e. The Labute approximate surface area is 142 Å². The topological polar surface area (TPSA) is 54.2 Å². The van der Waals surface area contributed by atoms with E-state index >= 15 is 0 Å². The molecule has 0 radical (unpaired) electrons. The molecule has 0 atom stereocenters. The Morgan fingerprint density at radius 1 is 1.19 bits per heavy atom. The Bertz CT molecular complexity index is 550. The monoisotopic (exact) mass is 399 g/mol. The van der Waals surface area contributed by atoms with Gasteiger partial charge in [0, 0.05) is 19.8 Å². The molecule has 2 rings (SSSR count). The zero-order chi connectivity index (χ0) is 14.2. The van der Waals surface area contributed by atoms with Crippen molar-refractivity contribution < 1.29 is 0 Å². The average Bonchev–Trinajstić information content (AvgIpc) is 2.88. The summed E-state index contributed by atoms with van der Waals surface area (Å²) in [5.74, 6) is 0.817. The maximum Gasteiger partial charge on any atom is 0.191 e. The van der Waals surface area contributed by atoms with Gasteiger partial charge in [-0.05, 0) is 18.6 Å². The molecule has 1 aromatic carbocycles. The van der Waals surface area contributed by atoms with Crippen LogP contribution in [-0.2, 0) is 20.1 Å². The first-order valence-electron chi connectivity index (χ1n) is 6.82. The lowest BCUT2D eigenvalue weighted by molar-refractivity contribution is 0.685. The molecule has 0 fully saturated rings. The van der Waals surface area contributed by atoms with Crippen molar-refractivity contribution in [3.05, 3.63) is 53.9 Å². The van der Waals surface area contributed by atoms with Gasteiger partial charge >= 0.3 is 0 Å². The van der Waals surface area contributed by atoms with E-state index in [1.54, 1.807) is 6.20 Å². The van der Waals surface area contributed by atoms with Crippen LogP contribution in [0.15, 0.2) is 47.6 Å². The minimum absolute atomic E-state index is 0. The van der Waals surface area contributed by atoms with Gasteiger partial charge in [-0.2, -0.15) is 5.10 Å². The molecule has 21 heavy (non-hydrogen) atoms. The second-order valence-electron chi connectivity index (χ2n) is 4.48. The molecular formula is C15H22IN5. The zero-order valence-corrected chi connectivity index (χ0v) is 14.7. The van der Waals surface area contributed by atoms with Gasteiger partial charge in [0.05, 0.1) is 18.8 Å². The van der Waals surface area contributed by atoms with E-state index in [2.05, 4.69) is 39.8 Å². The van der Waals surface area contributed by atoms with Crippen molar-refractivity contribution in [1.29, 1.82) is 0 Å². The molecule has 0 unspecified atom stereocenters. The third-order valence-electron chi connectivity index (χ3n) is 2.97. The summed E-state index contributed by atoms with van der Waals surface area (Å²) < 4.78 is 1.85. The van der Waals surface area contributed by atoms with Crippen LogP contribution in [0.5, 0.6) is 0 Å². The SMILES string of the molecule is CCNC(=NCc1ccccc1)NCc1ccnn1C.I. The molecule has 0 aliphatic heterocycles. The number of rotatable bonds is 5. The summed E-state index contributed by atoms with van der Waals surface area (Å²) in [6, 6.07) is 12.2. The second-order valence-corrected chi connectivity index (χ2v) is 4.48. The molecule has 0 aliphatic carbocycles. The molecule has 0 spiro atoms. The van der Waals surface area contributed by atoms with Gasteiger partial charge in [0.1, 0.15) is 0 Å². The first-order valence-corrected chi connectivity index (χ1v) is 6.82. The number of guanidine groups is 1. The lowest BCUT2D eigenvalue weighted by Crippen LogP contribution is -2.37. The highest BCUT2D eigenvalue weighted by Crippen LogP contribution is 2.00. The summed E-state index contributed by atoms with van der Waals surface area (Å²) in [5, 5.41) is 10.7. The summed E-state index contributed by atoms with van der Waals surface area (Å²) in [6.45, 7) is 4.27. The van der Waals surface area contributed by atoms with E-state index in [-0.39, 0.29) is 24.0 Å². The van der Waals surface area contributed by atoms with Crippen LogP contribution in [0, 0.1) is 0 Å². The van der Waals surface area contributed by atoms with E-state index < -0.39 is 0 Å². The molecule has 2 N–H and O–H groups in total. The minimum atomic E-state index is 0. The molecule has 114 valence electrons. The van der Waals surface area contributed by atoms with Crippen molar-refractivity contribution in [3.8, 4) is 0 Å². The van der Waals surface area contributed by atoms with Crippen LogP contribution in [0.2, 0.25) is 0 Å². The summed E-state index contributed by atoms with van der Waals surface area (Å²) in [6.07, 6.45) is 1.80. The van der Waals surface area contributed by atoms with Crippen molar-refractivity contribution in [2.24, 2.45) is 12.0 Å². The van der Waals surface area contributed by atoms with Gasteiger partial charge in [0.25, 0.3) is 0 Å². The average molecular weight is 399 g/mol. The molecule has 6 heteroatoms. The fourth-order valence-electron chi connectivity index (χ4n) is 1.84. The number of aromatic nitrogens is 2. The van der Waals surface area contributed by atoms with Crippen LogP contribution < -0.4 is 10.6 Å². The number of nitrogens with zero attached hydrogens (tertiary/aromatic N) is 3. The number of hydrogen-bond acceptors (Lipinski definition) is 2. The molecule has 1 heterocycles. The highest BCUT2D eigenvalue weighted by Gasteiger charge is 2.01. The number of benzene rings is 1. The smallest absolute Gasteiger partial charge is 0.191 e. The van der Waals surface area contributed by atoms with Crippen LogP contribution in [0.25, 0.3) is 0 Å². The zero-order valence-electron chi connectivity index (χ0n) is 12.4. The van der Waals surface area contributed by atoms with Crippen molar-refractivity contribution >= 4 is 29.9 Å². The maximum atomic E-state index is 4.58. The first-order chi connectivity index (χ1) is 9.79. The van der Waals surface area contributed by atoms with Crippen LogP contribution in [0.1, 0.15) is 18.2 Å². The third kappa shape index (κ3) is 5.74. The molecule has 1 aromatic heterocycles. The van der Waals surface area contributed by atoms with Gasteiger partial charge in [-0.25, -0.2) is 4.99 Å². The van der Waals surface area contributed by atoms with Gasteiger partial charge in [-0.1, -0.05) is 30.3 Å². The van der Waals surface area contributed by atoms with E-state index in [9.17, 15) is 0 Å². The molecule has 0 amide bonds. The number of hydrogen-bond donors (Lipinski definition) is 2. The normalized spacial score (nSPS) is 10.9. The number of halogens is 1. The van der Waals surface area contributed by atoms with Crippen LogP contribution in [0.4, 0.5) is 0 Å². The third-order valence-corrected chi connectivity index (χ3v) is 2.97. The predicted octanol–water partition coefficient (Wildman–Crippen LogP) is 2.29. The van der Waals surface area contributed by atoms with Gasteiger partial charge < -0.3 is 10.6 Å². The fourth-order valence-corrected chi connectivity index (χ4v) is 1.84. The molecular weight excluding hydrogens is 377 g/mol. The van der Waals surface area contributed by atoms with E-state index in [0.717, 1.165) is 18.2 Å². The van der Waals surface area contributed by atoms with Crippen molar-refractivity contribution in [3.63, 3.8) is 0 Å². The number of nitrogens with one attached hydrogen (secondary N) is 2. The predicted molar refractivity (Wildman–Crippen MR) is 96.7 cm³/mol. The van der Waals surface area contributed by atoms with Crippen LogP contribution in [0.3, 0.4) is 0 Å².